The molecule has 2 aliphatic heterocycles. The maximum absolute atomic E-state index is 5.83. The van der Waals surface area contributed by atoms with Crippen LogP contribution < -0.4 is 26.2 Å². The summed E-state index contributed by atoms with van der Waals surface area (Å²) in [5.41, 5.74) is 23.9. The summed E-state index contributed by atoms with van der Waals surface area (Å²) in [4.78, 5) is 22.4. The Bertz CT molecular complexity index is 5390. The van der Waals surface area contributed by atoms with Gasteiger partial charge in [0.1, 0.15) is 0 Å². The van der Waals surface area contributed by atoms with Crippen LogP contribution in [-0.2, 0) is 10.8 Å². The Kier molecular flexibility index (Phi) is 14.1. The van der Waals surface area contributed by atoms with Crippen molar-refractivity contribution in [3.8, 4) is 78.7 Å². The highest BCUT2D eigenvalue weighted by molar-refractivity contribution is 7.00. The van der Waals surface area contributed by atoms with Gasteiger partial charge < -0.3 is 9.80 Å². The molecule has 0 saturated heterocycles. The van der Waals surface area contributed by atoms with Crippen molar-refractivity contribution in [1.29, 1.82) is 0 Å². The maximum atomic E-state index is 5.83. The molecule has 0 unspecified atom stereocenters. The van der Waals surface area contributed by atoms with E-state index in [4.69, 9.17) is 15.0 Å². The fourth-order valence-corrected chi connectivity index (χ4v) is 15.2. The van der Waals surface area contributed by atoms with Gasteiger partial charge in [-0.2, -0.15) is 0 Å². The Balaban J connectivity index is 0.967. The molecular formula is C93H70BN5. The van der Waals surface area contributed by atoms with Crippen LogP contribution in [0.4, 0.5) is 34.1 Å². The zero-order valence-corrected chi connectivity index (χ0v) is 56.3. The molecule has 16 aromatic rings. The highest BCUT2D eigenvalue weighted by Gasteiger charge is 2.45. The zero-order valence-electron chi connectivity index (χ0n) is 56.3. The molecule has 18 rings (SSSR count). The zero-order chi connectivity index (χ0) is 66.7. The molecular weight excluding hydrogens is 1200 g/mol. The summed E-state index contributed by atoms with van der Waals surface area (Å²) in [6, 6.07) is 117. The van der Waals surface area contributed by atoms with E-state index in [1.807, 2.05) is 0 Å². The molecule has 5 nitrogen and oxygen atoms in total. The van der Waals surface area contributed by atoms with E-state index in [1.54, 1.807) is 0 Å². The third-order valence-electron chi connectivity index (χ3n) is 20.4. The largest absolute Gasteiger partial charge is 0.311 e. The minimum absolute atomic E-state index is 0.0698. The first kappa shape index (κ1) is 59.5. The van der Waals surface area contributed by atoms with E-state index in [1.165, 1.54) is 70.6 Å². The number of benzene rings is 15. The van der Waals surface area contributed by atoms with Crippen molar-refractivity contribution < 1.29 is 0 Å². The van der Waals surface area contributed by atoms with Crippen LogP contribution in [0.3, 0.4) is 0 Å². The predicted octanol–water partition coefficient (Wildman–Crippen LogP) is 22.8. The summed E-state index contributed by atoms with van der Waals surface area (Å²) in [6.45, 7) is 13.6. The van der Waals surface area contributed by atoms with E-state index in [9.17, 15) is 0 Å². The Hall–Kier alpha value is -12.0. The first-order valence-corrected chi connectivity index (χ1v) is 34.5. The van der Waals surface area contributed by atoms with E-state index >= 15 is 0 Å². The van der Waals surface area contributed by atoms with Gasteiger partial charge in [0.15, 0.2) is 17.5 Å². The highest BCUT2D eigenvalue weighted by atomic mass is 15.2. The second kappa shape index (κ2) is 23.4. The molecule has 0 spiro atoms. The van der Waals surface area contributed by atoms with Crippen LogP contribution in [0.5, 0.6) is 0 Å². The number of aromatic nitrogens is 3. The Morgan fingerprint density at radius 3 is 0.808 bits per heavy atom. The van der Waals surface area contributed by atoms with Crippen LogP contribution in [0.2, 0.25) is 0 Å². The molecule has 0 bridgehead atoms. The second-order valence-corrected chi connectivity index (χ2v) is 28.9. The molecule has 0 aliphatic carbocycles. The molecule has 0 fully saturated rings. The van der Waals surface area contributed by atoms with Crippen molar-refractivity contribution in [2.24, 2.45) is 0 Å². The predicted molar refractivity (Wildman–Crippen MR) is 419 cm³/mol. The van der Waals surface area contributed by atoms with Gasteiger partial charge in [0.25, 0.3) is 6.71 Å². The number of rotatable bonds is 9. The summed E-state index contributed by atoms with van der Waals surface area (Å²) in [5, 5.41) is 9.61. The SMILES string of the molecule is CC(C)(C)c1ccc(N2c3cc4cc5ccccc5cc4cc3B3c4cc5cc6ccccc6cc5cc4N(c4ccc(C(C)(C)C)cc4)c4cc(-c5nc(-c6cc(-c7ccccc7)cc(-c7ccccc7)c6)nc(-c6cc(-c7ccccc7)cc(-c7ccccc7)c6)n5)cc2c43)cc1. The van der Waals surface area contributed by atoms with Crippen molar-refractivity contribution in [1.82, 2.24) is 15.0 Å². The summed E-state index contributed by atoms with van der Waals surface area (Å²) in [7, 11) is 0. The lowest BCUT2D eigenvalue weighted by molar-refractivity contribution is 0.590. The molecule has 15 aromatic carbocycles. The van der Waals surface area contributed by atoms with Crippen molar-refractivity contribution >= 4 is 100 Å². The second-order valence-electron chi connectivity index (χ2n) is 28.9. The smallest absolute Gasteiger partial charge is 0.252 e. The van der Waals surface area contributed by atoms with Crippen molar-refractivity contribution in [3.05, 3.63) is 327 Å². The average molecular weight is 1270 g/mol. The molecule has 6 heteroatoms. The Morgan fingerprint density at radius 1 is 0.232 bits per heavy atom. The molecule has 470 valence electrons. The molecule has 0 radical (unpaired) electrons. The maximum Gasteiger partial charge on any atom is 0.252 e. The van der Waals surface area contributed by atoms with Crippen molar-refractivity contribution in [3.63, 3.8) is 0 Å². The van der Waals surface area contributed by atoms with E-state index in [0.717, 1.165) is 95.3 Å². The normalized spacial score (nSPS) is 12.7. The average Bonchev–Trinajstić information content (AvgIpc) is 0.690. The molecule has 2 aliphatic rings. The topological polar surface area (TPSA) is 45.2 Å². The lowest BCUT2D eigenvalue weighted by Crippen LogP contribution is -2.61. The molecule has 1 aromatic heterocycles. The van der Waals surface area contributed by atoms with E-state index in [0.29, 0.717) is 17.5 Å². The summed E-state index contributed by atoms with van der Waals surface area (Å²) in [5.74, 6) is 1.69. The van der Waals surface area contributed by atoms with Gasteiger partial charge in [0.05, 0.1) is 0 Å². The van der Waals surface area contributed by atoms with E-state index < -0.39 is 0 Å². The number of fused-ring (bicyclic) bond motifs is 8. The monoisotopic (exact) mass is 1270 g/mol. The van der Waals surface area contributed by atoms with E-state index in [2.05, 4.69) is 367 Å². The number of hydrogen-bond donors (Lipinski definition) is 0. The molecule has 99 heavy (non-hydrogen) atoms. The first-order valence-electron chi connectivity index (χ1n) is 34.5. The van der Waals surface area contributed by atoms with Crippen molar-refractivity contribution in [2.45, 2.75) is 52.4 Å². The van der Waals surface area contributed by atoms with Crippen LogP contribution in [0.1, 0.15) is 52.7 Å². The van der Waals surface area contributed by atoms with Gasteiger partial charge in [0, 0.05) is 50.8 Å². The van der Waals surface area contributed by atoms with Crippen LogP contribution in [-0.4, -0.2) is 21.7 Å². The van der Waals surface area contributed by atoms with Gasteiger partial charge in [-0.25, -0.2) is 15.0 Å². The standard InChI is InChI=1S/C93H70BN5/c1-92(2,3)78-35-39-80(40-36-78)98-84-55-73-45-65-33-21-19-31-63(65)43-71(73)53-82(84)94-83-54-72-44-64-32-20-22-34-66(64)46-74(72)56-85(83)99(81-41-37-79(38-42-81)93(4,5)6)87-58-77(57-86(98)88(87)94)91-96-89(75-49-67(59-23-11-7-12-24-59)47-68(50-75)60-25-13-8-14-26-60)95-90(97-91)76-51-69(61-27-15-9-16-28-61)48-70(52-76)62-29-17-10-18-30-62/h7-58H,1-6H3. The van der Waals surface area contributed by atoms with E-state index in [-0.39, 0.29) is 17.5 Å². The number of anilines is 6. The minimum Gasteiger partial charge on any atom is -0.311 e. The first-order chi connectivity index (χ1) is 48.3. The minimum atomic E-state index is -0.199. The molecule has 0 amide bonds. The number of hydrogen-bond acceptors (Lipinski definition) is 5. The molecule has 0 N–H and O–H groups in total. The van der Waals surface area contributed by atoms with Crippen LogP contribution in [0.15, 0.2) is 315 Å². The summed E-state index contributed by atoms with van der Waals surface area (Å²) in [6.07, 6.45) is 0. The lowest BCUT2D eigenvalue weighted by Gasteiger charge is -2.44. The highest BCUT2D eigenvalue weighted by Crippen LogP contribution is 2.49. The quantitative estimate of drug-likeness (QED) is 0.106. The molecule has 0 saturated carbocycles. The Labute approximate surface area is 579 Å². The van der Waals surface area contributed by atoms with Gasteiger partial charge in [-0.1, -0.05) is 248 Å². The van der Waals surface area contributed by atoms with Crippen molar-refractivity contribution in [2.75, 3.05) is 9.80 Å². The van der Waals surface area contributed by atoms with Gasteiger partial charge in [-0.3, -0.25) is 0 Å². The summed E-state index contributed by atoms with van der Waals surface area (Å²) >= 11 is 0. The Morgan fingerprint density at radius 2 is 0.505 bits per heavy atom. The number of nitrogens with zero attached hydrogens (tertiary/aromatic N) is 5. The fourth-order valence-electron chi connectivity index (χ4n) is 15.2. The fraction of sp³-hybridized carbons (Fsp3) is 0.0860. The van der Waals surface area contributed by atoms with Crippen LogP contribution in [0.25, 0.3) is 122 Å². The van der Waals surface area contributed by atoms with Crippen LogP contribution in [0, 0.1) is 0 Å². The van der Waals surface area contributed by atoms with Gasteiger partial charge in [0.2, 0.25) is 0 Å². The van der Waals surface area contributed by atoms with Gasteiger partial charge in [-0.05, 0) is 235 Å². The lowest BCUT2D eigenvalue weighted by atomic mass is 9.33. The third kappa shape index (κ3) is 10.7. The third-order valence-corrected chi connectivity index (χ3v) is 20.4. The van der Waals surface area contributed by atoms with Gasteiger partial charge >= 0.3 is 0 Å². The summed E-state index contributed by atoms with van der Waals surface area (Å²) < 4.78 is 0. The van der Waals surface area contributed by atoms with Gasteiger partial charge in [-0.15, -0.1) is 0 Å². The molecule has 0 atom stereocenters. The van der Waals surface area contributed by atoms with Crippen LogP contribution >= 0.6 is 0 Å². The molecule has 3 heterocycles.